The van der Waals surface area contributed by atoms with Crippen LogP contribution < -0.4 is 10.2 Å². The van der Waals surface area contributed by atoms with E-state index in [0.29, 0.717) is 29.2 Å². The standard InChI is InChI=1S/C21H15Cl3N2O3/c22-11-5-7-15(16(23)9-11)19(27)25-18-8-6-12(10-17(18)24)26-20(28)13-3-1-2-4-14(13)21(26)29/h1-2,5-10,13-14H,3-4H2,(H,25,27). The Balaban J connectivity index is 1.56. The van der Waals surface area contributed by atoms with Gasteiger partial charge in [-0.3, -0.25) is 14.4 Å². The number of rotatable bonds is 3. The molecule has 1 fully saturated rings. The number of nitrogens with zero attached hydrogens (tertiary/aromatic N) is 1. The van der Waals surface area contributed by atoms with Crippen LogP contribution in [0.3, 0.4) is 0 Å². The number of carbonyl (C=O) groups excluding carboxylic acids is 3. The maximum Gasteiger partial charge on any atom is 0.257 e. The van der Waals surface area contributed by atoms with E-state index in [-0.39, 0.29) is 39.3 Å². The van der Waals surface area contributed by atoms with Crippen LogP contribution in [-0.4, -0.2) is 17.7 Å². The van der Waals surface area contributed by atoms with Crippen LogP contribution in [-0.2, 0) is 9.59 Å². The van der Waals surface area contributed by atoms with Crippen molar-refractivity contribution in [2.75, 3.05) is 10.2 Å². The molecule has 3 amide bonds. The Morgan fingerprint density at radius 1 is 0.897 bits per heavy atom. The third-order valence-corrected chi connectivity index (χ3v) is 6.00. The van der Waals surface area contributed by atoms with Crippen LogP contribution in [0.4, 0.5) is 11.4 Å². The number of imide groups is 1. The second-order valence-electron chi connectivity index (χ2n) is 6.91. The highest BCUT2D eigenvalue weighted by Gasteiger charge is 2.47. The average Bonchev–Trinajstić information content (AvgIpc) is 2.94. The summed E-state index contributed by atoms with van der Waals surface area (Å²) < 4.78 is 0. The van der Waals surface area contributed by atoms with Gasteiger partial charge in [-0.25, -0.2) is 4.90 Å². The summed E-state index contributed by atoms with van der Waals surface area (Å²) in [6, 6.07) is 9.19. The lowest BCUT2D eigenvalue weighted by Gasteiger charge is -2.16. The van der Waals surface area contributed by atoms with Crippen molar-refractivity contribution in [1.29, 1.82) is 0 Å². The molecule has 1 saturated heterocycles. The van der Waals surface area contributed by atoms with Crippen LogP contribution in [0.15, 0.2) is 48.6 Å². The van der Waals surface area contributed by atoms with Gasteiger partial charge in [0.1, 0.15) is 0 Å². The van der Waals surface area contributed by atoms with E-state index in [1.807, 2.05) is 12.2 Å². The summed E-state index contributed by atoms with van der Waals surface area (Å²) in [5.74, 6) is -1.53. The molecule has 29 heavy (non-hydrogen) atoms. The Hall–Kier alpha value is -2.34. The summed E-state index contributed by atoms with van der Waals surface area (Å²) in [5, 5.41) is 3.52. The van der Waals surface area contributed by atoms with Crippen LogP contribution in [0.2, 0.25) is 15.1 Å². The summed E-state index contributed by atoms with van der Waals surface area (Å²) >= 11 is 18.2. The molecule has 1 heterocycles. The Morgan fingerprint density at radius 3 is 2.14 bits per heavy atom. The minimum atomic E-state index is -0.452. The van der Waals surface area contributed by atoms with Gasteiger partial charge in [0.15, 0.2) is 0 Å². The molecule has 0 spiro atoms. The molecular weight excluding hydrogens is 435 g/mol. The quantitative estimate of drug-likeness (QED) is 0.507. The predicted molar refractivity (Wildman–Crippen MR) is 114 cm³/mol. The molecule has 2 aromatic rings. The van der Waals surface area contributed by atoms with Gasteiger partial charge in [0.05, 0.1) is 38.8 Å². The molecule has 1 aliphatic carbocycles. The molecule has 0 radical (unpaired) electrons. The van der Waals surface area contributed by atoms with Gasteiger partial charge in [0.25, 0.3) is 5.91 Å². The van der Waals surface area contributed by atoms with Crippen molar-refractivity contribution in [2.45, 2.75) is 12.8 Å². The molecule has 5 nitrogen and oxygen atoms in total. The number of amides is 3. The van der Waals surface area contributed by atoms with Crippen molar-refractivity contribution < 1.29 is 14.4 Å². The van der Waals surface area contributed by atoms with Crippen molar-refractivity contribution in [3.8, 4) is 0 Å². The second-order valence-corrected chi connectivity index (χ2v) is 8.16. The van der Waals surface area contributed by atoms with E-state index in [4.69, 9.17) is 34.8 Å². The van der Waals surface area contributed by atoms with Gasteiger partial charge < -0.3 is 5.32 Å². The molecule has 4 rings (SSSR count). The monoisotopic (exact) mass is 448 g/mol. The molecule has 2 aliphatic rings. The summed E-state index contributed by atoms with van der Waals surface area (Å²) in [4.78, 5) is 39.1. The van der Waals surface area contributed by atoms with E-state index in [1.54, 1.807) is 18.2 Å². The number of hydrogen-bond donors (Lipinski definition) is 1. The van der Waals surface area contributed by atoms with Crippen molar-refractivity contribution in [2.24, 2.45) is 11.8 Å². The summed E-state index contributed by atoms with van der Waals surface area (Å²) in [6.07, 6.45) is 5.00. The van der Waals surface area contributed by atoms with Gasteiger partial charge in [-0.05, 0) is 49.2 Å². The minimum absolute atomic E-state index is 0.203. The third-order valence-electron chi connectivity index (χ3n) is 5.14. The zero-order chi connectivity index (χ0) is 20.7. The van der Waals surface area contributed by atoms with E-state index in [9.17, 15) is 14.4 Å². The fraction of sp³-hybridized carbons (Fsp3) is 0.190. The van der Waals surface area contributed by atoms with Crippen LogP contribution in [0.5, 0.6) is 0 Å². The van der Waals surface area contributed by atoms with Crippen LogP contribution in [0.25, 0.3) is 0 Å². The van der Waals surface area contributed by atoms with Crippen molar-refractivity contribution >= 4 is 63.9 Å². The molecular formula is C21H15Cl3N2O3. The van der Waals surface area contributed by atoms with Crippen LogP contribution >= 0.6 is 34.8 Å². The van der Waals surface area contributed by atoms with Gasteiger partial charge in [0.2, 0.25) is 11.8 Å². The van der Waals surface area contributed by atoms with E-state index in [1.165, 1.54) is 23.1 Å². The highest BCUT2D eigenvalue weighted by atomic mass is 35.5. The molecule has 1 aliphatic heterocycles. The molecule has 0 aromatic heterocycles. The second kappa shape index (κ2) is 7.82. The van der Waals surface area contributed by atoms with E-state index < -0.39 is 5.91 Å². The number of nitrogens with one attached hydrogen (secondary N) is 1. The number of halogens is 3. The number of hydrogen-bond acceptors (Lipinski definition) is 3. The first kappa shape index (κ1) is 20.0. The minimum Gasteiger partial charge on any atom is -0.321 e. The molecule has 0 saturated carbocycles. The normalized spacial score (nSPS) is 20.7. The first-order chi connectivity index (χ1) is 13.9. The fourth-order valence-corrected chi connectivity index (χ4v) is 4.38. The first-order valence-electron chi connectivity index (χ1n) is 8.95. The van der Waals surface area contributed by atoms with E-state index in [0.717, 1.165) is 0 Å². The van der Waals surface area contributed by atoms with Crippen molar-refractivity contribution in [3.05, 3.63) is 69.2 Å². The molecule has 1 N–H and O–H groups in total. The first-order valence-corrected chi connectivity index (χ1v) is 10.1. The molecule has 0 bridgehead atoms. The topological polar surface area (TPSA) is 66.5 Å². The molecule has 2 atom stereocenters. The number of carbonyl (C=O) groups is 3. The van der Waals surface area contributed by atoms with Gasteiger partial charge >= 0.3 is 0 Å². The number of allylic oxidation sites excluding steroid dienone is 2. The Bertz CT molecular complexity index is 1040. The molecule has 2 aromatic carbocycles. The lowest BCUT2D eigenvalue weighted by molar-refractivity contribution is -0.122. The van der Waals surface area contributed by atoms with Crippen LogP contribution in [0, 0.1) is 11.8 Å². The highest BCUT2D eigenvalue weighted by Crippen LogP contribution is 2.39. The predicted octanol–water partition coefficient (Wildman–Crippen LogP) is 5.35. The maximum absolute atomic E-state index is 12.7. The van der Waals surface area contributed by atoms with Crippen molar-refractivity contribution in [3.63, 3.8) is 0 Å². The van der Waals surface area contributed by atoms with E-state index in [2.05, 4.69) is 5.32 Å². The smallest absolute Gasteiger partial charge is 0.257 e. The summed E-state index contributed by atoms with van der Waals surface area (Å²) in [5.41, 5.74) is 0.976. The summed E-state index contributed by atoms with van der Waals surface area (Å²) in [7, 11) is 0. The van der Waals surface area contributed by atoms with Crippen LogP contribution in [0.1, 0.15) is 23.2 Å². The largest absolute Gasteiger partial charge is 0.321 e. The van der Waals surface area contributed by atoms with Gasteiger partial charge in [-0.15, -0.1) is 0 Å². The van der Waals surface area contributed by atoms with Gasteiger partial charge in [-0.2, -0.15) is 0 Å². The zero-order valence-corrected chi connectivity index (χ0v) is 17.3. The van der Waals surface area contributed by atoms with E-state index >= 15 is 0 Å². The molecule has 148 valence electrons. The Labute approximate surface area is 182 Å². The Morgan fingerprint density at radius 2 is 1.55 bits per heavy atom. The molecule has 2 unspecified atom stereocenters. The Kier molecular flexibility index (Phi) is 5.38. The van der Waals surface area contributed by atoms with Gasteiger partial charge in [-0.1, -0.05) is 47.0 Å². The van der Waals surface area contributed by atoms with Gasteiger partial charge in [0, 0.05) is 5.02 Å². The average molecular weight is 450 g/mol. The number of anilines is 2. The SMILES string of the molecule is O=C(Nc1ccc(N2C(=O)C3CC=CCC3C2=O)cc1Cl)c1ccc(Cl)cc1Cl. The highest BCUT2D eigenvalue weighted by molar-refractivity contribution is 6.38. The lowest BCUT2D eigenvalue weighted by Crippen LogP contribution is -2.30. The number of benzene rings is 2. The molecule has 8 heteroatoms. The number of fused-ring (bicyclic) bond motifs is 1. The zero-order valence-electron chi connectivity index (χ0n) is 15.0. The third kappa shape index (κ3) is 3.66. The summed E-state index contributed by atoms with van der Waals surface area (Å²) in [6.45, 7) is 0. The maximum atomic E-state index is 12.7. The van der Waals surface area contributed by atoms with Crippen molar-refractivity contribution in [1.82, 2.24) is 0 Å². The fourth-order valence-electron chi connectivity index (χ4n) is 3.66. The lowest BCUT2D eigenvalue weighted by atomic mass is 9.85.